The first-order valence-electron chi connectivity index (χ1n) is 6.95. The van der Waals surface area contributed by atoms with Crippen LogP contribution in [0.4, 0.5) is 5.69 Å². The van der Waals surface area contributed by atoms with Gasteiger partial charge in [-0.3, -0.25) is 10.4 Å². The molecule has 104 valence electrons. The van der Waals surface area contributed by atoms with Gasteiger partial charge in [-0.15, -0.1) is 0 Å². The van der Waals surface area contributed by atoms with Gasteiger partial charge in [-0.1, -0.05) is 48.0 Å². The van der Waals surface area contributed by atoms with Crippen LogP contribution in [0.2, 0.25) is 0 Å². The van der Waals surface area contributed by atoms with Crippen LogP contribution in [-0.2, 0) is 0 Å². The maximum absolute atomic E-state index is 4.47. The van der Waals surface area contributed by atoms with Crippen molar-refractivity contribution in [1.29, 1.82) is 0 Å². The lowest BCUT2D eigenvalue weighted by Crippen LogP contribution is -2.00. The summed E-state index contributed by atoms with van der Waals surface area (Å²) in [6, 6.07) is 18.4. The minimum absolute atomic E-state index is 0.916. The zero-order valence-corrected chi connectivity index (χ0v) is 12.2. The molecule has 3 rings (SSSR count). The van der Waals surface area contributed by atoms with E-state index < -0.39 is 0 Å². The number of benzene rings is 2. The fourth-order valence-corrected chi connectivity index (χ4v) is 2.20. The molecule has 0 unspecified atom stereocenters. The molecule has 2 aromatic carbocycles. The molecule has 0 aliphatic heterocycles. The summed E-state index contributed by atoms with van der Waals surface area (Å²) < 4.78 is 0. The Bertz CT molecular complexity index is 784. The van der Waals surface area contributed by atoms with Crippen molar-refractivity contribution < 1.29 is 0 Å². The van der Waals surface area contributed by atoms with Crippen LogP contribution in [0, 0.1) is 6.92 Å². The molecule has 0 atom stereocenters. The first kappa shape index (κ1) is 13.3. The first-order chi connectivity index (χ1) is 10.2. The third-order valence-electron chi connectivity index (χ3n) is 3.45. The predicted octanol–water partition coefficient (Wildman–Crippen LogP) is 4.38. The minimum atomic E-state index is 0.916. The van der Waals surface area contributed by atoms with E-state index in [-0.39, 0.29) is 0 Å². The average Bonchev–Trinajstić information content (AvgIpc) is 2.53. The van der Waals surface area contributed by atoms with Gasteiger partial charge in [-0.05, 0) is 31.5 Å². The van der Waals surface area contributed by atoms with Crippen molar-refractivity contribution in [2.24, 2.45) is 5.10 Å². The third-order valence-corrected chi connectivity index (χ3v) is 3.45. The van der Waals surface area contributed by atoms with E-state index in [0.717, 1.165) is 27.9 Å². The number of nitrogens with zero attached hydrogens (tertiary/aromatic N) is 2. The smallest absolute Gasteiger partial charge is 0.0951 e. The summed E-state index contributed by atoms with van der Waals surface area (Å²) in [5, 5.41) is 5.57. The Morgan fingerprint density at radius 1 is 1.00 bits per heavy atom. The van der Waals surface area contributed by atoms with Gasteiger partial charge in [0, 0.05) is 11.6 Å². The summed E-state index contributed by atoms with van der Waals surface area (Å²) in [6.45, 7) is 4.08. The van der Waals surface area contributed by atoms with Gasteiger partial charge in [0.2, 0.25) is 0 Å². The molecule has 0 spiro atoms. The normalized spacial score (nSPS) is 11.6. The maximum atomic E-state index is 4.47. The van der Waals surface area contributed by atoms with Gasteiger partial charge in [0.25, 0.3) is 0 Å². The van der Waals surface area contributed by atoms with Crippen LogP contribution in [0.5, 0.6) is 0 Å². The molecular formula is C18H17N3. The molecule has 0 radical (unpaired) electrons. The van der Waals surface area contributed by atoms with Crippen molar-refractivity contribution >= 4 is 22.3 Å². The summed E-state index contributed by atoms with van der Waals surface area (Å²) in [6.07, 6.45) is 1.80. The Labute approximate surface area is 124 Å². The number of aryl methyl sites for hydroxylation is 1. The van der Waals surface area contributed by atoms with E-state index in [1.807, 2.05) is 37.3 Å². The largest absolute Gasteiger partial charge is 0.276 e. The maximum Gasteiger partial charge on any atom is 0.0951 e. The first-order valence-corrected chi connectivity index (χ1v) is 6.95. The number of fused-ring (bicyclic) bond motifs is 1. The topological polar surface area (TPSA) is 37.3 Å². The molecule has 3 heteroatoms. The average molecular weight is 275 g/mol. The summed E-state index contributed by atoms with van der Waals surface area (Å²) in [5.41, 5.74) is 8.28. The number of anilines is 1. The Balaban J connectivity index is 1.88. The SMILES string of the molecule is C/C(=N/Nc1cccc2cccnc12)c1ccc(C)cc1. The molecule has 0 aliphatic carbocycles. The highest BCUT2D eigenvalue weighted by Crippen LogP contribution is 2.20. The van der Waals surface area contributed by atoms with Crippen molar-refractivity contribution in [3.8, 4) is 0 Å². The van der Waals surface area contributed by atoms with Crippen LogP contribution >= 0.6 is 0 Å². The fourth-order valence-electron chi connectivity index (χ4n) is 2.20. The Morgan fingerprint density at radius 3 is 2.57 bits per heavy atom. The minimum Gasteiger partial charge on any atom is -0.276 e. The van der Waals surface area contributed by atoms with Crippen molar-refractivity contribution in [2.45, 2.75) is 13.8 Å². The molecule has 0 amide bonds. The number of hydrogen-bond donors (Lipinski definition) is 1. The van der Waals surface area contributed by atoms with Crippen molar-refractivity contribution in [3.05, 3.63) is 71.9 Å². The molecular weight excluding hydrogens is 258 g/mol. The zero-order chi connectivity index (χ0) is 14.7. The van der Waals surface area contributed by atoms with Crippen LogP contribution < -0.4 is 5.43 Å². The number of hydrogen-bond acceptors (Lipinski definition) is 3. The molecule has 0 fully saturated rings. The van der Waals surface area contributed by atoms with Crippen LogP contribution in [0.1, 0.15) is 18.1 Å². The predicted molar refractivity (Wildman–Crippen MR) is 88.8 cm³/mol. The molecule has 0 saturated carbocycles. The second-order valence-corrected chi connectivity index (χ2v) is 5.06. The van der Waals surface area contributed by atoms with Gasteiger partial charge in [-0.25, -0.2) is 0 Å². The van der Waals surface area contributed by atoms with E-state index in [1.165, 1.54) is 5.56 Å². The molecule has 3 aromatic rings. The quantitative estimate of drug-likeness (QED) is 0.569. The standard InChI is InChI=1S/C18H17N3/c1-13-8-10-15(11-9-13)14(2)20-21-17-7-3-5-16-6-4-12-19-18(16)17/h3-12,21H,1-2H3/b20-14-. The second kappa shape index (κ2) is 5.75. The van der Waals surface area contributed by atoms with E-state index in [9.17, 15) is 0 Å². The lowest BCUT2D eigenvalue weighted by Gasteiger charge is -2.06. The monoisotopic (exact) mass is 275 g/mol. The van der Waals surface area contributed by atoms with E-state index >= 15 is 0 Å². The highest BCUT2D eigenvalue weighted by molar-refractivity contribution is 5.99. The number of hydrazone groups is 1. The molecule has 0 bridgehead atoms. The van der Waals surface area contributed by atoms with Crippen molar-refractivity contribution in [3.63, 3.8) is 0 Å². The zero-order valence-electron chi connectivity index (χ0n) is 12.2. The summed E-state index contributed by atoms with van der Waals surface area (Å²) in [5.74, 6) is 0. The number of rotatable bonds is 3. The van der Waals surface area contributed by atoms with Crippen molar-refractivity contribution in [2.75, 3.05) is 5.43 Å². The molecule has 21 heavy (non-hydrogen) atoms. The van der Waals surface area contributed by atoms with Gasteiger partial charge in [-0.2, -0.15) is 5.10 Å². The lowest BCUT2D eigenvalue weighted by molar-refractivity contribution is 1.31. The lowest BCUT2D eigenvalue weighted by atomic mass is 10.1. The Kier molecular flexibility index (Phi) is 3.65. The van der Waals surface area contributed by atoms with Crippen LogP contribution in [0.15, 0.2) is 65.9 Å². The molecule has 3 nitrogen and oxygen atoms in total. The molecule has 1 N–H and O–H groups in total. The van der Waals surface area contributed by atoms with Gasteiger partial charge < -0.3 is 0 Å². The van der Waals surface area contributed by atoms with Crippen LogP contribution in [0.25, 0.3) is 10.9 Å². The number of para-hydroxylation sites is 1. The number of aromatic nitrogens is 1. The van der Waals surface area contributed by atoms with E-state index in [2.05, 4.69) is 46.7 Å². The number of nitrogens with one attached hydrogen (secondary N) is 1. The van der Waals surface area contributed by atoms with Gasteiger partial charge in [0.05, 0.1) is 16.9 Å². The molecule has 1 aromatic heterocycles. The van der Waals surface area contributed by atoms with E-state index in [4.69, 9.17) is 0 Å². The number of pyridine rings is 1. The Morgan fingerprint density at radius 2 is 1.76 bits per heavy atom. The summed E-state index contributed by atoms with van der Waals surface area (Å²) in [4.78, 5) is 4.41. The third kappa shape index (κ3) is 2.92. The van der Waals surface area contributed by atoms with Gasteiger partial charge >= 0.3 is 0 Å². The second-order valence-electron chi connectivity index (χ2n) is 5.06. The molecule has 1 heterocycles. The van der Waals surface area contributed by atoms with E-state index in [1.54, 1.807) is 6.20 Å². The highest BCUT2D eigenvalue weighted by Gasteiger charge is 2.01. The highest BCUT2D eigenvalue weighted by atomic mass is 15.3. The van der Waals surface area contributed by atoms with Crippen LogP contribution in [-0.4, -0.2) is 10.7 Å². The molecule has 0 saturated heterocycles. The van der Waals surface area contributed by atoms with Gasteiger partial charge in [0.15, 0.2) is 0 Å². The van der Waals surface area contributed by atoms with Crippen LogP contribution in [0.3, 0.4) is 0 Å². The van der Waals surface area contributed by atoms with Gasteiger partial charge in [0.1, 0.15) is 0 Å². The fraction of sp³-hybridized carbons (Fsp3) is 0.111. The summed E-state index contributed by atoms with van der Waals surface area (Å²) >= 11 is 0. The van der Waals surface area contributed by atoms with Crippen molar-refractivity contribution in [1.82, 2.24) is 4.98 Å². The van der Waals surface area contributed by atoms with E-state index in [0.29, 0.717) is 0 Å². The molecule has 0 aliphatic rings. The summed E-state index contributed by atoms with van der Waals surface area (Å²) in [7, 11) is 0. The Hall–Kier alpha value is -2.68.